The van der Waals surface area contributed by atoms with Gasteiger partial charge in [0.05, 0.1) is 5.11 Å². The van der Waals surface area contributed by atoms with E-state index in [9.17, 15) is 9.70 Å². The summed E-state index contributed by atoms with van der Waals surface area (Å²) in [5.41, 5.74) is 0.372. The molecule has 0 saturated carbocycles. The Morgan fingerprint density at radius 2 is 2.25 bits per heavy atom. The number of aromatic nitrogens is 1. The fourth-order valence-corrected chi connectivity index (χ4v) is 0.862. The number of carbonyl (C=O) groups is 1. The van der Waals surface area contributed by atoms with Crippen molar-refractivity contribution >= 4 is 11.6 Å². The topological polar surface area (TPSA) is 74.8 Å². The van der Waals surface area contributed by atoms with Gasteiger partial charge in [0.2, 0.25) is 11.4 Å². The van der Waals surface area contributed by atoms with Gasteiger partial charge in [-0.05, 0) is 17.0 Å². The second-order valence-corrected chi connectivity index (χ2v) is 2.14. The summed E-state index contributed by atoms with van der Waals surface area (Å²) in [5, 5.41) is 6.54. The van der Waals surface area contributed by atoms with E-state index in [0.717, 1.165) is 0 Å². The molecule has 2 heterocycles. The van der Waals surface area contributed by atoms with Crippen LogP contribution in [0.2, 0.25) is 0 Å². The molecule has 0 unspecified atom stereocenters. The smallest absolute Gasteiger partial charge is 0.244 e. The number of carbonyl (C=O) groups excluding carboxylic acids is 1. The molecular formula is C6H3N4O2+. The highest BCUT2D eigenvalue weighted by molar-refractivity contribution is 5.91. The molecule has 0 fully saturated rings. The summed E-state index contributed by atoms with van der Waals surface area (Å²) in [6, 6.07) is 3.18. The van der Waals surface area contributed by atoms with Gasteiger partial charge in [-0.2, -0.15) is 0 Å². The van der Waals surface area contributed by atoms with Gasteiger partial charge in [0.15, 0.2) is 10.1 Å². The molecule has 1 aliphatic heterocycles. The normalized spacial score (nSPS) is 14.7. The lowest BCUT2D eigenvalue weighted by Gasteiger charge is -1.94. The van der Waals surface area contributed by atoms with Crippen molar-refractivity contribution in [3.05, 3.63) is 28.9 Å². The van der Waals surface area contributed by atoms with Crippen LogP contribution in [-0.4, -0.2) is 15.8 Å². The molecule has 12 heavy (non-hydrogen) atoms. The first-order chi connectivity index (χ1) is 5.79. The van der Waals surface area contributed by atoms with Gasteiger partial charge in [0.1, 0.15) is 0 Å². The van der Waals surface area contributed by atoms with Gasteiger partial charge in [-0.15, -0.1) is 0 Å². The number of fused-ring (bicyclic) bond motifs is 1. The van der Waals surface area contributed by atoms with Crippen LogP contribution in [0.3, 0.4) is 0 Å². The maximum atomic E-state index is 11.0. The van der Waals surface area contributed by atoms with E-state index in [1.54, 1.807) is 12.1 Å². The van der Waals surface area contributed by atoms with Crippen molar-refractivity contribution in [1.82, 2.24) is 4.98 Å². The van der Waals surface area contributed by atoms with E-state index in [1.807, 2.05) is 0 Å². The van der Waals surface area contributed by atoms with E-state index in [2.05, 4.69) is 15.3 Å². The van der Waals surface area contributed by atoms with Crippen LogP contribution in [0.15, 0.2) is 28.7 Å². The molecule has 2 rings (SSSR count). The van der Waals surface area contributed by atoms with Gasteiger partial charge in [-0.3, -0.25) is 0 Å². The Kier molecular flexibility index (Phi) is 1.26. The number of amides is 1. The number of nitrogens with zero attached hydrogens (tertiary/aromatic N) is 4. The number of pyridine rings is 1. The van der Waals surface area contributed by atoms with Crippen LogP contribution in [0.25, 0.3) is 0 Å². The molecule has 1 aromatic heterocycles. The van der Waals surface area contributed by atoms with Crippen molar-refractivity contribution in [2.45, 2.75) is 0 Å². The van der Waals surface area contributed by atoms with Crippen LogP contribution in [0.5, 0.6) is 0 Å². The zero-order valence-corrected chi connectivity index (χ0v) is 5.84. The first-order valence-electron chi connectivity index (χ1n) is 3.17. The maximum absolute atomic E-state index is 11.0. The third kappa shape index (κ3) is 0.815. The lowest BCUT2D eigenvalue weighted by atomic mass is 10.3. The minimum Gasteiger partial charge on any atom is -0.244 e. The van der Waals surface area contributed by atoms with Crippen LogP contribution < -0.4 is 0 Å². The standard InChI is InChI=1S/C6H3N4O2/c11-6-5-4(2-1-3-7-5)8-9-10(6)12/h1-3H/q+1. The molecule has 0 spiro atoms. The summed E-state index contributed by atoms with van der Waals surface area (Å²) in [5.74, 6) is -0.777. The molecule has 58 valence electrons. The van der Waals surface area contributed by atoms with Crippen molar-refractivity contribution in [3.63, 3.8) is 0 Å². The van der Waals surface area contributed by atoms with Crippen LogP contribution in [0.4, 0.5) is 5.69 Å². The van der Waals surface area contributed by atoms with E-state index in [0.29, 0.717) is 5.69 Å². The zero-order valence-electron chi connectivity index (χ0n) is 5.84. The minimum atomic E-state index is -0.777. The van der Waals surface area contributed by atoms with Crippen molar-refractivity contribution in [2.24, 2.45) is 10.3 Å². The van der Waals surface area contributed by atoms with Gasteiger partial charge in [-0.1, -0.05) is 0 Å². The van der Waals surface area contributed by atoms with Gasteiger partial charge in [0, 0.05) is 6.20 Å². The number of rotatable bonds is 0. The molecule has 6 heteroatoms. The summed E-state index contributed by atoms with van der Waals surface area (Å²) in [6.07, 6.45) is 1.42. The highest BCUT2D eigenvalue weighted by Gasteiger charge is 2.31. The molecule has 0 saturated heterocycles. The molecule has 1 aromatic rings. The lowest BCUT2D eigenvalue weighted by Crippen LogP contribution is -2.16. The van der Waals surface area contributed by atoms with Gasteiger partial charge in [0.25, 0.3) is 0 Å². The molecule has 1 aliphatic rings. The monoisotopic (exact) mass is 163 g/mol. The van der Waals surface area contributed by atoms with E-state index >= 15 is 0 Å². The van der Waals surface area contributed by atoms with E-state index in [-0.39, 0.29) is 10.6 Å². The Morgan fingerprint density at radius 1 is 1.42 bits per heavy atom. The van der Waals surface area contributed by atoms with Crippen molar-refractivity contribution in [2.75, 3.05) is 0 Å². The first-order valence-corrected chi connectivity index (χ1v) is 3.17. The minimum absolute atomic E-state index is 0.0440. The lowest BCUT2D eigenvalue weighted by molar-refractivity contribution is -0.465. The Hall–Kier alpha value is -1.98. The number of nitroso groups, excluding NO2 is 1. The van der Waals surface area contributed by atoms with Crippen molar-refractivity contribution in [1.29, 1.82) is 0 Å². The largest absolute Gasteiger partial charge is 0.432 e. The first kappa shape index (κ1) is 6.71. The summed E-state index contributed by atoms with van der Waals surface area (Å²) >= 11 is 0. The summed E-state index contributed by atoms with van der Waals surface area (Å²) in [6.45, 7) is 0. The van der Waals surface area contributed by atoms with Crippen LogP contribution in [-0.2, 0) is 0 Å². The van der Waals surface area contributed by atoms with Crippen LogP contribution in [0.1, 0.15) is 10.5 Å². The molecular weight excluding hydrogens is 160 g/mol. The molecule has 0 atom stereocenters. The number of hydrogen-bond acceptors (Lipinski definition) is 4. The summed E-state index contributed by atoms with van der Waals surface area (Å²) in [4.78, 5) is 25.3. The van der Waals surface area contributed by atoms with E-state index < -0.39 is 5.91 Å². The maximum Gasteiger partial charge on any atom is 0.432 e. The second kappa shape index (κ2) is 2.26. The Bertz CT molecular complexity index is 398. The third-order valence-electron chi connectivity index (χ3n) is 1.40. The van der Waals surface area contributed by atoms with Crippen molar-refractivity contribution < 1.29 is 9.66 Å². The molecule has 0 aliphatic carbocycles. The van der Waals surface area contributed by atoms with Crippen molar-refractivity contribution in [3.8, 4) is 0 Å². The fraction of sp³-hybridized carbons (Fsp3) is 0. The molecule has 0 aromatic carbocycles. The molecule has 0 radical (unpaired) electrons. The Balaban J connectivity index is 2.67. The molecule has 1 amide bonds. The Labute approximate surface area is 66.5 Å². The molecule has 0 bridgehead atoms. The van der Waals surface area contributed by atoms with E-state index in [1.165, 1.54) is 6.20 Å². The highest BCUT2D eigenvalue weighted by Crippen LogP contribution is 2.20. The molecule has 6 nitrogen and oxygen atoms in total. The summed E-state index contributed by atoms with van der Waals surface area (Å²) < 4.78 is 0. The average molecular weight is 163 g/mol. The molecule has 0 N–H and O–H groups in total. The van der Waals surface area contributed by atoms with Gasteiger partial charge >= 0.3 is 5.91 Å². The highest BCUT2D eigenvalue weighted by atomic mass is 16.3. The fourth-order valence-electron chi connectivity index (χ4n) is 0.862. The predicted molar refractivity (Wildman–Crippen MR) is 36.7 cm³/mol. The summed E-state index contributed by atoms with van der Waals surface area (Å²) in [7, 11) is 0. The zero-order chi connectivity index (χ0) is 8.55. The predicted octanol–water partition coefficient (Wildman–Crippen LogP) is 1.01. The van der Waals surface area contributed by atoms with Crippen LogP contribution in [0, 0.1) is 4.91 Å². The second-order valence-electron chi connectivity index (χ2n) is 2.14. The Morgan fingerprint density at radius 3 is 3.08 bits per heavy atom. The van der Waals surface area contributed by atoms with Crippen LogP contribution >= 0.6 is 0 Å². The third-order valence-corrected chi connectivity index (χ3v) is 1.40. The van der Waals surface area contributed by atoms with E-state index in [4.69, 9.17) is 0 Å². The van der Waals surface area contributed by atoms with Gasteiger partial charge < -0.3 is 0 Å². The average Bonchev–Trinajstić information content (AvgIpc) is 2.12. The van der Waals surface area contributed by atoms with Gasteiger partial charge in [-0.25, -0.2) is 9.78 Å². The quantitative estimate of drug-likeness (QED) is 0.535. The number of hydrogen-bond donors (Lipinski definition) is 0. The SMILES string of the molecule is O=C1c2ncccc2N=N[N+]1=O.